The van der Waals surface area contributed by atoms with Gasteiger partial charge >= 0.3 is 0 Å². The van der Waals surface area contributed by atoms with Gasteiger partial charge in [0.1, 0.15) is 0 Å². The second-order valence-corrected chi connectivity index (χ2v) is 8.41. The zero-order valence-electron chi connectivity index (χ0n) is 12.2. The monoisotopic (exact) mass is 364 g/mol. The van der Waals surface area contributed by atoms with Crippen molar-refractivity contribution in [2.75, 3.05) is 30.4 Å². The van der Waals surface area contributed by atoms with E-state index >= 15 is 0 Å². The van der Waals surface area contributed by atoms with Crippen LogP contribution in [-0.4, -0.2) is 50.4 Å². The molecule has 1 fully saturated rings. The molecule has 22 heavy (non-hydrogen) atoms. The van der Waals surface area contributed by atoms with Gasteiger partial charge < -0.3 is 10.2 Å². The maximum Gasteiger partial charge on any atom is 0.224 e. The molecule has 0 radical (unpaired) electrons. The Morgan fingerprint density at radius 3 is 2.68 bits per heavy atom. The van der Waals surface area contributed by atoms with Crippen molar-refractivity contribution >= 4 is 44.6 Å². The lowest BCUT2D eigenvalue weighted by Gasteiger charge is -2.23. The average Bonchev–Trinajstić information content (AvgIpc) is 2.82. The molecule has 1 unspecified atom stereocenters. The topological polar surface area (TPSA) is 66.5 Å². The van der Waals surface area contributed by atoms with E-state index in [-0.39, 0.29) is 29.9 Å². The molecule has 1 atom stereocenters. The van der Waals surface area contributed by atoms with Crippen molar-refractivity contribution in [3.05, 3.63) is 28.2 Å². The van der Waals surface area contributed by atoms with Crippen molar-refractivity contribution in [2.45, 2.75) is 18.9 Å². The second-order valence-electron chi connectivity index (χ2n) is 5.37. The van der Waals surface area contributed by atoms with E-state index in [9.17, 15) is 13.2 Å². The van der Waals surface area contributed by atoms with Crippen LogP contribution >= 0.6 is 23.2 Å². The summed E-state index contributed by atoms with van der Waals surface area (Å²) in [6.07, 6.45) is 0.804. The van der Waals surface area contributed by atoms with Crippen molar-refractivity contribution < 1.29 is 13.2 Å². The summed E-state index contributed by atoms with van der Waals surface area (Å²) in [6.45, 7) is 0.445. The lowest BCUT2D eigenvalue weighted by molar-refractivity contribution is -0.131. The molecule has 1 aliphatic heterocycles. The minimum absolute atomic E-state index is 0.0649. The maximum atomic E-state index is 12.1. The van der Waals surface area contributed by atoms with Gasteiger partial charge in [0.15, 0.2) is 9.84 Å². The summed E-state index contributed by atoms with van der Waals surface area (Å²) < 4.78 is 22.9. The van der Waals surface area contributed by atoms with Crippen molar-refractivity contribution in [3.63, 3.8) is 0 Å². The molecule has 0 saturated carbocycles. The molecule has 0 bridgehead atoms. The Morgan fingerprint density at radius 1 is 1.36 bits per heavy atom. The maximum absolute atomic E-state index is 12.1. The second kappa shape index (κ2) is 7.06. The zero-order chi connectivity index (χ0) is 16.3. The van der Waals surface area contributed by atoms with E-state index < -0.39 is 9.84 Å². The van der Waals surface area contributed by atoms with E-state index in [1.165, 1.54) is 0 Å². The van der Waals surface area contributed by atoms with E-state index in [1.807, 2.05) is 0 Å². The highest BCUT2D eigenvalue weighted by Crippen LogP contribution is 2.25. The molecule has 5 nitrogen and oxygen atoms in total. The third-order valence-corrected chi connectivity index (χ3v) is 6.23. The van der Waals surface area contributed by atoms with Gasteiger partial charge in [-0.3, -0.25) is 4.79 Å². The van der Waals surface area contributed by atoms with E-state index in [0.717, 1.165) is 5.69 Å². The summed E-state index contributed by atoms with van der Waals surface area (Å²) >= 11 is 11.7. The van der Waals surface area contributed by atoms with Gasteiger partial charge in [0.25, 0.3) is 0 Å². The largest absolute Gasteiger partial charge is 0.384 e. The molecule has 1 aromatic rings. The lowest BCUT2D eigenvalue weighted by atomic mass is 10.2. The summed E-state index contributed by atoms with van der Waals surface area (Å²) in [5.41, 5.74) is 0.785. The van der Waals surface area contributed by atoms with Gasteiger partial charge in [-0.05, 0) is 24.6 Å². The Hall–Kier alpha value is -0.980. The standard InChI is InChI=1S/C14H18Cl2N2O3S/c1-18(11-5-7-22(20,21)9-11)14(19)4-6-17-10-2-3-12(15)13(16)8-10/h2-3,8,11,17H,4-7,9H2,1H3. The SMILES string of the molecule is CN(C(=O)CCNc1ccc(Cl)c(Cl)c1)C1CCS(=O)(=O)C1. The molecular weight excluding hydrogens is 347 g/mol. The van der Waals surface area contributed by atoms with E-state index in [1.54, 1.807) is 30.1 Å². The quantitative estimate of drug-likeness (QED) is 0.871. The molecule has 1 saturated heterocycles. The predicted octanol–water partition coefficient (Wildman–Crippen LogP) is 2.44. The number of halogens is 2. The number of hydrogen-bond donors (Lipinski definition) is 1. The fourth-order valence-electron chi connectivity index (χ4n) is 2.38. The Morgan fingerprint density at radius 2 is 2.09 bits per heavy atom. The first kappa shape index (κ1) is 17.4. The number of amides is 1. The lowest BCUT2D eigenvalue weighted by Crippen LogP contribution is -2.38. The summed E-state index contributed by atoms with van der Waals surface area (Å²) in [5.74, 6) is 0.154. The number of nitrogens with zero attached hydrogens (tertiary/aromatic N) is 1. The van der Waals surface area contributed by atoms with Crippen LogP contribution in [0.2, 0.25) is 10.0 Å². The molecule has 122 valence electrons. The summed E-state index contributed by atoms with van der Waals surface area (Å²) in [7, 11) is -1.32. The number of anilines is 1. The fourth-order valence-corrected chi connectivity index (χ4v) is 4.45. The van der Waals surface area contributed by atoms with Gasteiger partial charge in [-0.1, -0.05) is 23.2 Å². The van der Waals surface area contributed by atoms with Crippen LogP contribution in [0.5, 0.6) is 0 Å². The highest BCUT2D eigenvalue weighted by atomic mass is 35.5. The van der Waals surface area contributed by atoms with Gasteiger partial charge in [0.2, 0.25) is 5.91 Å². The van der Waals surface area contributed by atoms with Crippen LogP contribution in [0.1, 0.15) is 12.8 Å². The van der Waals surface area contributed by atoms with Crippen molar-refractivity contribution in [2.24, 2.45) is 0 Å². The summed E-state index contributed by atoms with van der Waals surface area (Å²) in [5, 5.41) is 4.02. The van der Waals surface area contributed by atoms with Crippen LogP contribution in [-0.2, 0) is 14.6 Å². The van der Waals surface area contributed by atoms with E-state index in [2.05, 4.69) is 5.32 Å². The van der Waals surface area contributed by atoms with Crippen LogP contribution in [0.15, 0.2) is 18.2 Å². The van der Waals surface area contributed by atoms with Crippen molar-refractivity contribution in [3.8, 4) is 0 Å². The Kier molecular flexibility index (Phi) is 5.58. The molecule has 1 aliphatic rings. The summed E-state index contributed by atoms with van der Waals surface area (Å²) in [6, 6.07) is 4.96. The Balaban J connectivity index is 1.81. The van der Waals surface area contributed by atoms with E-state index in [4.69, 9.17) is 23.2 Å². The Bertz CT molecular complexity index is 664. The third-order valence-electron chi connectivity index (χ3n) is 3.74. The first-order valence-electron chi connectivity index (χ1n) is 6.93. The summed E-state index contributed by atoms with van der Waals surface area (Å²) in [4.78, 5) is 13.6. The van der Waals surface area contributed by atoms with Crippen LogP contribution < -0.4 is 5.32 Å². The Labute approximate surface area is 140 Å². The molecule has 0 aliphatic carbocycles. The van der Waals surface area contributed by atoms with Crippen LogP contribution in [0, 0.1) is 0 Å². The molecule has 2 rings (SSSR count). The molecule has 1 N–H and O–H groups in total. The molecule has 0 aromatic heterocycles. The number of rotatable bonds is 5. The van der Waals surface area contributed by atoms with Crippen LogP contribution in [0.4, 0.5) is 5.69 Å². The molecule has 8 heteroatoms. The molecule has 1 aromatic carbocycles. The van der Waals surface area contributed by atoms with Gasteiger partial charge in [-0.15, -0.1) is 0 Å². The first-order chi connectivity index (χ1) is 10.3. The van der Waals surface area contributed by atoms with E-state index in [0.29, 0.717) is 23.0 Å². The molecule has 0 spiro atoms. The van der Waals surface area contributed by atoms with Gasteiger partial charge in [-0.25, -0.2) is 8.42 Å². The number of hydrogen-bond acceptors (Lipinski definition) is 4. The molecular formula is C14H18Cl2N2O3S. The number of sulfone groups is 1. The third kappa shape index (κ3) is 4.51. The number of nitrogens with one attached hydrogen (secondary N) is 1. The highest BCUT2D eigenvalue weighted by Gasteiger charge is 2.32. The minimum atomic E-state index is -2.98. The molecule has 1 heterocycles. The first-order valence-corrected chi connectivity index (χ1v) is 9.51. The zero-order valence-corrected chi connectivity index (χ0v) is 14.5. The fraction of sp³-hybridized carbons (Fsp3) is 0.500. The highest BCUT2D eigenvalue weighted by molar-refractivity contribution is 7.91. The number of carbonyl (C=O) groups is 1. The van der Waals surface area contributed by atoms with Gasteiger partial charge in [0, 0.05) is 31.7 Å². The smallest absolute Gasteiger partial charge is 0.224 e. The van der Waals surface area contributed by atoms with Crippen LogP contribution in [0.25, 0.3) is 0 Å². The predicted molar refractivity (Wildman–Crippen MR) is 89.4 cm³/mol. The van der Waals surface area contributed by atoms with Crippen molar-refractivity contribution in [1.82, 2.24) is 4.90 Å². The van der Waals surface area contributed by atoms with Crippen molar-refractivity contribution in [1.29, 1.82) is 0 Å². The average molecular weight is 365 g/mol. The number of benzene rings is 1. The minimum Gasteiger partial charge on any atom is -0.384 e. The van der Waals surface area contributed by atoms with Crippen LogP contribution in [0.3, 0.4) is 0 Å². The normalized spacial score (nSPS) is 19.9. The number of carbonyl (C=O) groups excluding carboxylic acids is 1. The van der Waals surface area contributed by atoms with Gasteiger partial charge in [-0.2, -0.15) is 0 Å². The van der Waals surface area contributed by atoms with Gasteiger partial charge in [0.05, 0.1) is 21.6 Å². The molecule has 1 amide bonds.